The Balaban J connectivity index is 0.945. The molecular formula is C69H61N5. The highest BCUT2D eigenvalue weighted by atomic mass is 15.3. The Labute approximate surface area is 436 Å². The first-order chi connectivity index (χ1) is 36.3. The van der Waals surface area contributed by atoms with E-state index in [9.17, 15) is 0 Å². The van der Waals surface area contributed by atoms with Gasteiger partial charge in [0, 0.05) is 68.6 Å². The highest BCUT2D eigenvalue weighted by Gasteiger charge is 2.42. The molecule has 362 valence electrons. The average Bonchev–Trinajstić information content (AvgIpc) is 3.78. The lowest BCUT2D eigenvalue weighted by Gasteiger charge is -2.50. The van der Waals surface area contributed by atoms with Gasteiger partial charge in [-0.25, -0.2) is 0 Å². The number of aromatic nitrogens is 1. The standard InChI is InChI=1S/C69H61N5/c1-5-69(3)64(48-71(4)68(70-69)52-21-11-6-12-22-52)55-37-42-65(49(2)45-55)74-66-43-35-53(50-31-38-60(39-32-50)72(56-23-13-7-14-24-56)57-25-15-8-16-26-57)46-62(66)63-47-54(36-44-67(63)74)51-33-40-61(41-34-51)73(58-27-17-9-18-28-58)59-29-19-10-20-30-59/h6-47,64,68,70H,5,48H2,1-4H3. The minimum atomic E-state index is -0.0835. The highest BCUT2D eigenvalue weighted by molar-refractivity contribution is 6.12. The molecule has 10 aromatic carbocycles. The van der Waals surface area contributed by atoms with Gasteiger partial charge in [0.1, 0.15) is 0 Å². The third-order valence-corrected chi connectivity index (χ3v) is 15.6. The summed E-state index contributed by atoms with van der Waals surface area (Å²) < 4.78 is 2.49. The maximum atomic E-state index is 4.10. The number of hydrogen-bond donors (Lipinski definition) is 1. The molecule has 0 amide bonds. The molecule has 3 atom stereocenters. The van der Waals surface area contributed by atoms with Crippen LogP contribution in [0.3, 0.4) is 0 Å². The van der Waals surface area contributed by atoms with Crippen molar-refractivity contribution in [2.45, 2.75) is 44.8 Å². The molecule has 11 aromatic rings. The van der Waals surface area contributed by atoms with E-state index in [1.165, 1.54) is 66.4 Å². The van der Waals surface area contributed by atoms with Crippen LogP contribution in [0.2, 0.25) is 0 Å². The molecule has 1 N–H and O–H groups in total. The van der Waals surface area contributed by atoms with Crippen molar-refractivity contribution in [3.63, 3.8) is 0 Å². The van der Waals surface area contributed by atoms with Gasteiger partial charge in [-0.1, -0.05) is 159 Å². The molecule has 74 heavy (non-hydrogen) atoms. The van der Waals surface area contributed by atoms with E-state index in [0.29, 0.717) is 5.92 Å². The Kier molecular flexibility index (Phi) is 12.5. The van der Waals surface area contributed by atoms with E-state index in [0.717, 1.165) is 47.1 Å². The number of para-hydroxylation sites is 4. The van der Waals surface area contributed by atoms with Crippen LogP contribution in [-0.2, 0) is 0 Å². The summed E-state index contributed by atoms with van der Waals surface area (Å²) in [4.78, 5) is 7.11. The molecule has 1 aliphatic heterocycles. The van der Waals surface area contributed by atoms with Crippen molar-refractivity contribution in [2.75, 3.05) is 23.4 Å². The normalized spacial score (nSPS) is 16.9. The zero-order chi connectivity index (χ0) is 50.2. The van der Waals surface area contributed by atoms with E-state index in [1.54, 1.807) is 0 Å². The molecule has 2 heterocycles. The van der Waals surface area contributed by atoms with Crippen LogP contribution in [-0.4, -0.2) is 28.6 Å². The van der Waals surface area contributed by atoms with Crippen molar-refractivity contribution in [2.24, 2.45) is 0 Å². The van der Waals surface area contributed by atoms with E-state index < -0.39 is 0 Å². The number of likely N-dealkylation sites (N-methyl/N-ethyl adjacent to an activating group) is 1. The molecule has 0 saturated carbocycles. The Morgan fingerprint density at radius 2 is 0.838 bits per heavy atom. The SMILES string of the molecule is CCC1(C)NC(c2ccccc2)N(C)CC1c1ccc(-n2c3ccc(-c4ccc(N(c5ccccc5)c5ccccc5)cc4)cc3c3cc(-c4ccc(N(c5ccccc5)c5ccccc5)cc4)ccc32)c(C)c1. The van der Waals surface area contributed by atoms with E-state index in [1.807, 2.05) is 0 Å². The van der Waals surface area contributed by atoms with Gasteiger partial charge in [0.15, 0.2) is 0 Å². The molecule has 1 aliphatic rings. The maximum Gasteiger partial charge on any atom is 0.0862 e. The molecule has 1 saturated heterocycles. The van der Waals surface area contributed by atoms with E-state index in [-0.39, 0.29) is 11.7 Å². The summed E-state index contributed by atoms with van der Waals surface area (Å²) in [5.74, 6) is 0.311. The van der Waals surface area contributed by atoms with Crippen molar-refractivity contribution < 1.29 is 0 Å². The average molecular weight is 960 g/mol. The number of nitrogens with zero attached hydrogens (tertiary/aromatic N) is 4. The van der Waals surface area contributed by atoms with Gasteiger partial charge in [-0.05, 0) is 169 Å². The number of aryl methyl sites for hydroxylation is 1. The summed E-state index contributed by atoms with van der Waals surface area (Å²) in [6, 6.07) is 92.7. The number of anilines is 6. The maximum absolute atomic E-state index is 4.10. The zero-order valence-electron chi connectivity index (χ0n) is 42.6. The molecule has 0 bridgehead atoms. The minimum absolute atomic E-state index is 0.0835. The van der Waals surface area contributed by atoms with Gasteiger partial charge in [-0.2, -0.15) is 0 Å². The van der Waals surface area contributed by atoms with Crippen molar-refractivity contribution in [1.82, 2.24) is 14.8 Å². The molecule has 5 nitrogen and oxygen atoms in total. The second-order valence-electron chi connectivity index (χ2n) is 20.2. The van der Waals surface area contributed by atoms with Gasteiger partial charge in [0.25, 0.3) is 0 Å². The van der Waals surface area contributed by atoms with Gasteiger partial charge in [0.05, 0.1) is 17.2 Å². The molecule has 0 radical (unpaired) electrons. The lowest BCUT2D eigenvalue weighted by molar-refractivity contribution is 0.0625. The second kappa shape index (κ2) is 19.8. The lowest BCUT2D eigenvalue weighted by atomic mass is 9.75. The van der Waals surface area contributed by atoms with Gasteiger partial charge < -0.3 is 14.4 Å². The molecule has 0 spiro atoms. The predicted octanol–water partition coefficient (Wildman–Crippen LogP) is 17.9. The number of fused-ring (bicyclic) bond motifs is 3. The van der Waals surface area contributed by atoms with Crippen LogP contribution >= 0.6 is 0 Å². The highest BCUT2D eigenvalue weighted by Crippen LogP contribution is 2.44. The number of rotatable bonds is 12. The van der Waals surface area contributed by atoms with Crippen LogP contribution in [0.1, 0.15) is 49.0 Å². The van der Waals surface area contributed by atoms with Crippen LogP contribution in [0, 0.1) is 6.92 Å². The summed E-state index contributed by atoms with van der Waals surface area (Å²) >= 11 is 0. The molecule has 1 aromatic heterocycles. The number of nitrogens with one attached hydrogen (secondary N) is 1. The fraction of sp³-hybridized carbons (Fsp3) is 0.130. The van der Waals surface area contributed by atoms with Gasteiger partial charge in [0.2, 0.25) is 0 Å². The Bertz CT molecular complexity index is 3430. The molecule has 12 rings (SSSR count). The van der Waals surface area contributed by atoms with Gasteiger partial charge >= 0.3 is 0 Å². The smallest absolute Gasteiger partial charge is 0.0862 e. The first-order valence-electron chi connectivity index (χ1n) is 26.1. The summed E-state index contributed by atoms with van der Waals surface area (Å²) in [7, 11) is 2.26. The molecule has 3 unspecified atom stereocenters. The first-order valence-corrected chi connectivity index (χ1v) is 26.1. The lowest BCUT2D eigenvalue weighted by Crippen LogP contribution is -2.60. The fourth-order valence-electron chi connectivity index (χ4n) is 11.5. The topological polar surface area (TPSA) is 26.7 Å². The van der Waals surface area contributed by atoms with Crippen LogP contribution in [0.5, 0.6) is 0 Å². The summed E-state index contributed by atoms with van der Waals surface area (Å²) in [6.07, 6.45) is 1.19. The molecule has 1 fully saturated rings. The zero-order valence-corrected chi connectivity index (χ0v) is 42.6. The van der Waals surface area contributed by atoms with Crippen molar-refractivity contribution in [1.29, 1.82) is 0 Å². The Hall–Kier alpha value is -8.48. The third-order valence-electron chi connectivity index (χ3n) is 15.6. The second-order valence-corrected chi connectivity index (χ2v) is 20.2. The minimum Gasteiger partial charge on any atom is -0.311 e. The van der Waals surface area contributed by atoms with Gasteiger partial charge in [-0.15, -0.1) is 0 Å². The third kappa shape index (κ3) is 8.74. The quantitative estimate of drug-likeness (QED) is 0.132. The molecule has 5 heteroatoms. The van der Waals surface area contributed by atoms with Crippen molar-refractivity contribution in [3.8, 4) is 27.9 Å². The van der Waals surface area contributed by atoms with Crippen LogP contribution in [0.4, 0.5) is 34.1 Å². The van der Waals surface area contributed by atoms with Crippen LogP contribution < -0.4 is 15.1 Å². The van der Waals surface area contributed by atoms with Crippen molar-refractivity contribution >= 4 is 55.9 Å². The van der Waals surface area contributed by atoms with Crippen molar-refractivity contribution in [3.05, 3.63) is 271 Å². The largest absolute Gasteiger partial charge is 0.311 e. The monoisotopic (exact) mass is 959 g/mol. The predicted molar refractivity (Wildman–Crippen MR) is 312 cm³/mol. The number of benzene rings is 10. The first kappa shape index (κ1) is 46.6. The number of hydrogen-bond acceptors (Lipinski definition) is 4. The Morgan fingerprint density at radius 1 is 0.446 bits per heavy atom. The summed E-state index contributed by atoms with van der Waals surface area (Å²) in [5.41, 5.74) is 18.8. The van der Waals surface area contributed by atoms with E-state index in [2.05, 4.69) is 307 Å². The fourth-order valence-corrected chi connectivity index (χ4v) is 11.5. The molecule has 0 aliphatic carbocycles. The van der Waals surface area contributed by atoms with Crippen LogP contribution in [0.15, 0.2) is 255 Å². The van der Waals surface area contributed by atoms with E-state index >= 15 is 0 Å². The van der Waals surface area contributed by atoms with E-state index in [4.69, 9.17) is 0 Å². The van der Waals surface area contributed by atoms with Gasteiger partial charge in [-0.3, -0.25) is 10.2 Å². The summed E-state index contributed by atoms with van der Waals surface area (Å²) in [6.45, 7) is 8.00. The van der Waals surface area contributed by atoms with Crippen LogP contribution in [0.25, 0.3) is 49.7 Å². The summed E-state index contributed by atoms with van der Waals surface area (Å²) in [5, 5.41) is 6.55. The molecular weight excluding hydrogens is 899 g/mol. The Morgan fingerprint density at radius 3 is 1.24 bits per heavy atom.